The highest BCUT2D eigenvalue weighted by molar-refractivity contribution is 7.90. The molecule has 27 heavy (non-hydrogen) atoms. The zero-order chi connectivity index (χ0) is 20.0. The number of ether oxygens (including phenoxy) is 1. The molecule has 0 aliphatic rings. The summed E-state index contributed by atoms with van der Waals surface area (Å²) in [5.41, 5.74) is 0.492. The summed E-state index contributed by atoms with van der Waals surface area (Å²) in [6, 6.07) is 6.01. The lowest BCUT2D eigenvalue weighted by atomic mass is 10.3. The third-order valence-corrected chi connectivity index (χ3v) is 4.70. The number of aryl methyl sites for hydroxylation is 1. The Morgan fingerprint density at radius 1 is 1.19 bits per heavy atom. The van der Waals surface area contributed by atoms with Crippen LogP contribution >= 0.6 is 11.6 Å². The number of halogens is 1. The lowest BCUT2D eigenvalue weighted by molar-refractivity contribution is -0.113. The first-order valence-corrected chi connectivity index (χ1v) is 9.45. The van der Waals surface area contributed by atoms with Gasteiger partial charge in [-0.25, -0.2) is 22.9 Å². The van der Waals surface area contributed by atoms with E-state index in [-0.39, 0.29) is 28.3 Å². The second kappa shape index (κ2) is 8.64. The smallest absolute Gasteiger partial charge is 0.335 e. The van der Waals surface area contributed by atoms with E-state index in [9.17, 15) is 18.0 Å². The molecule has 1 aromatic carbocycles. The van der Waals surface area contributed by atoms with Gasteiger partial charge in [-0.15, -0.1) is 11.6 Å². The van der Waals surface area contributed by atoms with Gasteiger partial charge in [0.2, 0.25) is 17.7 Å². The van der Waals surface area contributed by atoms with Gasteiger partial charge in [-0.3, -0.25) is 10.1 Å². The quantitative estimate of drug-likeness (QED) is 0.609. The van der Waals surface area contributed by atoms with Crippen LogP contribution in [0.3, 0.4) is 0 Å². The number of benzene rings is 1. The molecule has 0 radical (unpaired) electrons. The molecule has 0 unspecified atom stereocenters. The van der Waals surface area contributed by atoms with Gasteiger partial charge in [0.25, 0.3) is 10.0 Å². The number of aromatic nitrogens is 2. The van der Waals surface area contributed by atoms with Crippen molar-refractivity contribution in [3.05, 3.63) is 36.0 Å². The van der Waals surface area contributed by atoms with Gasteiger partial charge in [0.1, 0.15) is 10.8 Å². The van der Waals surface area contributed by atoms with E-state index in [1.807, 2.05) is 4.72 Å². The average Bonchev–Trinajstić information content (AvgIpc) is 2.60. The molecular formula is C15H16ClN5O5S. The zero-order valence-corrected chi connectivity index (χ0v) is 15.9. The molecule has 2 aromatic rings. The van der Waals surface area contributed by atoms with Crippen LogP contribution < -0.4 is 20.1 Å². The fourth-order valence-electron chi connectivity index (χ4n) is 1.99. The molecule has 0 saturated carbocycles. The van der Waals surface area contributed by atoms with Gasteiger partial charge in [0.15, 0.2) is 0 Å². The molecule has 0 fully saturated rings. The molecule has 3 N–H and O–H groups in total. The Kier molecular flexibility index (Phi) is 6.53. The van der Waals surface area contributed by atoms with Crippen LogP contribution in [-0.4, -0.2) is 43.3 Å². The molecule has 1 heterocycles. The lowest BCUT2D eigenvalue weighted by Gasteiger charge is -2.12. The number of carbonyl (C=O) groups excluding carboxylic acids is 2. The van der Waals surface area contributed by atoms with Crippen LogP contribution in [-0.2, 0) is 14.8 Å². The summed E-state index contributed by atoms with van der Waals surface area (Å²) in [4.78, 5) is 31.1. The fourth-order valence-corrected chi connectivity index (χ4v) is 3.13. The topological polar surface area (TPSA) is 139 Å². The molecule has 3 amide bonds. The number of carbonyl (C=O) groups is 2. The number of nitrogens with zero attached hydrogens (tertiary/aromatic N) is 2. The van der Waals surface area contributed by atoms with Crippen LogP contribution in [0.15, 0.2) is 35.2 Å². The SMILES string of the molecule is COc1cc(C)nc(NC(=O)NS(=O)(=O)c2ccccc2NC(=O)CCl)n1. The number of sulfonamides is 1. The van der Waals surface area contributed by atoms with E-state index in [4.69, 9.17) is 16.3 Å². The van der Waals surface area contributed by atoms with Crippen molar-refractivity contribution in [2.24, 2.45) is 0 Å². The molecule has 2 rings (SSSR count). The molecule has 0 saturated heterocycles. The molecule has 0 atom stereocenters. The maximum atomic E-state index is 12.5. The maximum absolute atomic E-state index is 12.5. The first-order chi connectivity index (χ1) is 12.7. The third-order valence-electron chi connectivity index (χ3n) is 3.06. The Bertz CT molecular complexity index is 967. The Balaban J connectivity index is 2.20. The molecular weight excluding hydrogens is 398 g/mol. The first-order valence-electron chi connectivity index (χ1n) is 7.43. The number of alkyl halides is 1. The van der Waals surface area contributed by atoms with Gasteiger partial charge < -0.3 is 10.1 Å². The van der Waals surface area contributed by atoms with Gasteiger partial charge in [-0.1, -0.05) is 12.1 Å². The van der Waals surface area contributed by atoms with E-state index < -0.39 is 22.0 Å². The van der Waals surface area contributed by atoms with Crippen molar-refractivity contribution in [3.8, 4) is 5.88 Å². The maximum Gasteiger partial charge on any atom is 0.335 e. The van der Waals surface area contributed by atoms with Crippen LogP contribution in [0.5, 0.6) is 5.88 Å². The second-order valence-corrected chi connectivity index (χ2v) is 7.03. The molecule has 1 aromatic heterocycles. The largest absolute Gasteiger partial charge is 0.481 e. The summed E-state index contributed by atoms with van der Waals surface area (Å²) < 4.78 is 31.8. The minimum Gasteiger partial charge on any atom is -0.481 e. The normalized spacial score (nSPS) is 10.8. The molecule has 10 nitrogen and oxygen atoms in total. The van der Waals surface area contributed by atoms with Crippen molar-refractivity contribution in [3.63, 3.8) is 0 Å². The predicted molar refractivity (Wildman–Crippen MR) is 98.5 cm³/mol. The molecule has 0 aliphatic carbocycles. The number of rotatable bonds is 6. The van der Waals surface area contributed by atoms with Crippen LogP contribution in [0.25, 0.3) is 0 Å². The van der Waals surface area contributed by atoms with E-state index >= 15 is 0 Å². The molecule has 0 aliphatic heterocycles. The van der Waals surface area contributed by atoms with E-state index in [2.05, 4.69) is 20.6 Å². The van der Waals surface area contributed by atoms with Crippen molar-refractivity contribution >= 4 is 45.2 Å². The van der Waals surface area contributed by atoms with Gasteiger partial charge in [-0.05, 0) is 19.1 Å². The summed E-state index contributed by atoms with van der Waals surface area (Å²) >= 11 is 5.42. The summed E-state index contributed by atoms with van der Waals surface area (Å²) in [5.74, 6) is -0.878. The van der Waals surface area contributed by atoms with Gasteiger partial charge in [0.05, 0.1) is 12.8 Å². The lowest BCUT2D eigenvalue weighted by Crippen LogP contribution is -2.35. The first kappa shape index (κ1) is 20.4. The number of urea groups is 1. The van der Waals surface area contributed by atoms with Gasteiger partial charge >= 0.3 is 6.03 Å². The number of para-hydroxylation sites is 1. The summed E-state index contributed by atoms with van der Waals surface area (Å²) in [5, 5.41) is 4.56. The van der Waals surface area contributed by atoms with Crippen molar-refractivity contribution in [1.29, 1.82) is 0 Å². The fraction of sp³-hybridized carbons (Fsp3) is 0.200. The van der Waals surface area contributed by atoms with Crippen LogP contribution in [0, 0.1) is 6.92 Å². The van der Waals surface area contributed by atoms with E-state index in [1.165, 1.54) is 37.4 Å². The Labute approximate surface area is 160 Å². The third kappa shape index (κ3) is 5.53. The molecule has 144 valence electrons. The summed E-state index contributed by atoms with van der Waals surface area (Å²) in [6.07, 6.45) is 0. The molecule has 0 bridgehead atoms. The van der Waals surface area contributed by atoms with Crippen LogP contribution in [0.1, 0.15) is 5.69 Å². The minimum absolute atomic E-state index is 0.0167. The second-order valence-electron chi connectivity index (χ2n) is 5.11. The number of methoxy groups -OCH3 is 1. The van der Waals surface area contributed by atoms with E-state index in [0.717, 1.165) is 0 Å². The monoisotopic (exact) mass is 413 g/mol. The number of anilines is 2. The van der Waals surface area contributed by atoms with Crippen molar-refractivity contribution in [2.75, 3.05) is 23.6 Å². The van der Waals surface area contributed by atoms with Crippen molar-refractivity contribution in [2.45, 2.75) is 11.8 Å². The Morgan fingerprint density at radius 3 is 2.56 bits per heavy atom. The minimum atomic E-state index is -4.30. The van der Waals surface area contributed by atoms with Gasteiger partial charge in [0, 0.05) is 11.8 Å². The number of amides is 3. The summed E-state index contributed by atoms with van der Waals surface area (Å²) in [6.45, 7) is 1.65. The highest BCUT2D eigenvalue weighted by Crippen LogP contribution is 2.21. The van der Waals surface area contributed by atoms with Crippen molar-refractivity contribution < 1.29 is 22.7 Å². The van der Waals surface area contributed by atoms with Gasteiger partial charge in [-0.2, -0.15) is 4.98 Å². The average molecular weight is 414 g/mol. The summed E-state index contributed by atoms with van der Waals surface area (Å²) in [7, 11) is -2.91. The van der Waals surface area contributed by atoms with E-state index in [1.54, 1.807) is 6.92 Å². The van der Waals surface area contributed by atoms with Crippen LogP contribution in [0.4, 0.5) is 16.4 Å². The number of hydrogen-bond acceptors (Lipinski definition) is 7. The number of hydrogen-bond donors (Lipinski definition) is 3. The predicted octanol–water partition coefficient (Wildman–Crippen LogP) is 1.48. The molecule has 12 heteroatoms. The van der Waals surface area contributed by atoms with E-state index in [0.29, 0.717) is 5.69 Å². The van der Waals surface area contributed by atoms with Crippen molar-refractivity contribution in [1.82, 2.24) is 14.7 Å². The zero-order valence-electron chi connectivity index (χ0n) is 14.3. The number of nitrogens with one attached hydrogen (secondary N) is 3. The molecule has 0 spiro atoms. The highest BCUT2D eigenvalue weighted by Gasteiger charge is 2.22. The van der Waals surface area contributed by atoms with Crippen LogP contribution in [0.2, 0.25) is 0 Å². The highest BCUT2D eigenvalue weighted by atomic mass is 35.5. The standard InChI is InChI=1S/C15H16ClN5O5S/c1-9-7-13(26-2)19-14(17-9)20-15(23)21-27(24,25)11-6-4-3-5-10(11)18-12(22)8-16/h3-7H,8H2,1-2H3,(H,18,22)(H2,17,19,20,21,23). The Morgan fingerprint density at radius 2 is 1.89 bits per heavy atom. The Hall–Kier alpha value is -2.92.